The van der Waals surface area contributed by atoms with Crippen LogP contribution in [0.2, 0.25) is 0 Å². The van der Waals surface area contributed by atoms with Gasteiger partial charge < -0.3 is 5.11 Å². The van der Waals surface area contributed by atoms with E-state index in [-0.39, 0.29) is 6.10 Å². The fraction of sp³-hybridized carbons (Fsp3) is 0.727. The third-order valence-electron chi connectivity index (χ3n) is 3.41. The molecule has 3 nitrogen and oxygen atoms in total. The van der Waals surface area contributed by atoms with Crippen LogP contribution in [0.1, 0.15) is 43.0 Å². The number of nitrogens with zero attached hydrogens (tertiary/aromatic N) is 2. The predicted octanol–water partition coefficient (Wildman–Crippen LogP) is 1.95. The largest absolute Gasteiger partial charge is 0.388 e. The van der Waals surface area contributed by atoms with E-state index in [1.165, 1.54) is 19.3 Å². The van der Waals surface area contributed by atoms with Crippen molar-refractivity contribution in [2.75, 3.05) is 0 Å². The number of rotatable bonds is 3. The number of hydrogen-bond donors (Lipinski definition) is 1. The molecular weight excluding hydrogens is 176 g/mol. The summed E-state index contributed by atoms with van der Waals surface area (Å²) >= 11 is 0. The Balaban J connectivity index is 2.02. The zero-order valence-electron chi connectivity index (χ0n) is 8.90. The standard InChI is InChI=1S/C11H18N2O/c1-8-10(7-12-13(8)2)11(14)6-9-4-3-5-9/h7,9,11,14H,3-6H2,1-2H3. The Bertz CT molecular complexity index is 315. The Kier molecular flexibility index (Phi) is 2.59. The molecule has 1 aromatic heterocycles. The van der Waals surface area contributed by atoms with Crippen molar-refractivity contribution in [3.8, 4) is 0 Å². The maximum atomic E-state index is 10.00. The normalized spacial score (nSPS) is 19.4. The van der Waals surface area contributed by atoms with Gasteiger partial charge in [0, 0.05) is 18.3 Å². The van der Waals surface area contributed by atoms with E-state index in [1.807, 2.05) is 18.7 Å². The van der Waals surface area contributed by atoms with Crippen molar-refractivity contribution < 1.29 is 5.11 Å². The first-order chi connectivity index (χ1) is 6.68. The Labute approximate surface area is 84.7 Å². The summed E-state index contributed by atoms with van der Waals surface area (Å²) in [4.78, 5) is 0. The molecule has 1 N–H and O–H groups in total. The molecule has 14 heavy (non-hydrogen) atoms. The van der Waals surface area contributed by atoms with Crippen molar-refractivity contribution in [2.24, 2.45) is 13.0 Å². The van der Waals surface area contributed by atoms with Gasteiger partial charge in [-0.15, -0.1) is 0 Å². The molecule has 1 atom stereocenters. The third-order valence-corrected chi connectivity index (χ3v) is 3.41. The number of aryl methyl sites for hydroxylation is 1. The second kappa shape index (κ2) is 3.73. The van der Waals surface area contributed by atoms with Crippen molar-refractivity contribution in [1.82, 2.24) is 9.78 Å². The molecule has 1 aromatic rings. The maximum Gasteiger partial charge on any atom is 0.0825 e. The van der Waals surface area contributed by atoms with Gasteiger partial charge in [0.05, 0.1) is 12.3 Å². The fourth-order valence-corrected chi connectivity index (χ4v) is 2.01. The average Bonchev–Trinajstić information content (AvgIpc) is 2.41. The second-order valence-corrected chi connectivity index (χ2v) is 4.36. The van der Waals surface area contributed by atoms with Crippen LogP contribution in [0, 0.1) is 12.8 Å². The Morgan fingerprint density at radius 3 is 2.79 bits per heavy atom. The van der Waals surface area contributed by atoms with Gasteiger partial charge in [-0.25, -0.2) is 0 Å². The molecule has 0 aromatic carbocycles. The lowest BCUT2D eigenvalue weighted by Crippen LogP contribution is -2.15. The minimum atomic E-state index is -0.311. The summed E-state index contributed by atoms with van der Waals surface area (Å²) in [5, 5.41) is 14.1. The molecule has 0 saturated heterocycles. The maximum absolute atomic E-state index is 10.00. The van der Waals surface area contributed by atoms with Gasteiger partial charge in [-0.1, -0.05) is 19.3 Å². The number of aromatic nitrogens is 2. The summed E-state index contributed by atoms with van der Waals surface area (Å²) in [6, 6.07) is 0. The number of aliphatic hydroxyl groups excluding tert-OH is 1. The Morgan fingerprint density at radius 1 is 1.64 bits per heavy atom. The highest BCUT2D eigenvalue weighted by Gasteiger charge is 2.23. The third kappa shape index (κ3) is 1.69. The van der Waals surface area contributed by atoms with Crippen LogP contribution < -0.4 is 0 Å². The number of hydrogen-bond acceptors (Lipinski definition) is 2. The van der Waals surface area contributed by atoms with Crippen LogP contribution in [0.15, 0.2) is 6.20 Å². The highest BCUT2D eigenvalue weighted by atomic mass is 16.3. The molecule has 0 radical (unpaired) electrons. The highest BCUT2D eigenvalue weighted by Crippen LogP contribution is 2.35. The van der Waals surface area contributed by atoms with Gasteiger partial charge in [-0.3, -0.25) is 4.68 Å². The highest BCUT2D eigenvalue weighted by molar-refractivity contribution is 5.18. The van der Waals surface area contributed by atoms with E-state index < -0.39 is 0 Å². The molecule has 1 saturated carbocycles. The SMILES string of the molecule is Cc1c(C(O)CC2CCC2)cnn1C. The first-order valence-corrected chi connectivity index (χ1v) is 5.35. The lowest BCUT2D eigenvalue weighted by Gasteiger charge is -2.27. The van der Waals surface area contributed by atoms with Crippen LogP contribution in [0.25, 0.3) is 0 Å². The van der Waals surface area contributed by atoms with E-state index in [4.69, 9.17) is 0 Å². The van der Waals surface area contributed by atoms with Gasteiger partial charge >= 0.3 is 0 Å². The molecule has 1 aliphatic carbocycles. The van der Waals surface area contributed by atoms with E-state index in [0.29, 0.717) is 0 Å². The minimum absolute atomic E-state index is 0.311. The molecule has 3 heteroatoms. The zero-order chi connectivity index (χ0) is 10.1. The van der Waals surface area contributed by atoms with Crippen LogP contribution in [0.5, 0.6) is 0 Å². The van der Waals surface area contributed by atoms with Gasteiger partial charge in [-0.05, 0) is 19.3 Å². The van der Waals surface area contributed by atoms with Crippen LogP contribution in [-0.2, 0) is 7.05 Å². The molecule has 1 heterocycles. The van der Waals surface area contributed by atoms with Crippen molar-refractivity contribution in [3.63, 3.8) is 0 Å². The average molecular weight is 194 g/mol. The Morgan fingerprint density at radius 2 is 2.36 bits per heavy atom. The molecule has 1 unspecified atom stereocenters. The summed E-state index contributed by atoms with van der Waals surface area (Å²) in [6.45, 7) is 2.01. The number of aliphatic hydroxyl groups is 1. The molecule has 1 fully saturated rings. The van der Waals surface area contributed by atoms with Gasteiger partial charge in [-0.2, -0.15) is 5.10 Å². The lowest BCUT2D eigenvalue weighted by molar-refractivity contribution is 0.118. The first kappa shape index (κ1) is 9.71. The molecule has 0 bridgehead atoms. The smallest absolute Gasteiger partial charge is 0.0825 e. The van der Waals surface area contributed by atoms with Gasteiger partial charge in [0.2, 0.25) is 0 Å². The van der Waals surface area contributed by atoms with Gasteiger partial charge in [0.15, 0.2) is 0 Å². The summed E-state index contributed by atoms with van der Waals surface area (Å²) in [5.41, 5.74) is 2.08. The predicted molar refractivity (Wildman–Crippen MR) is 54.9 cm³/mol. The first-order valence-electron chi connectivity index (χ1n) is 5.35. The summed E-state index contributed by atoms with van der Waals surface area (Å²) in [5.74, 6) is 0.740. The van der Waals surface area contributed by atoms with E-state index in [0.717, 1.165) is 23.6 Å². The van der Waals surface area contributed by atoms with Crippen molar-refractivity contribution >= 4 is 0 Å². The van der Waals surface area contributed by atoms with Gasteiger partial charge in [0.25, 0.3) is 0 Å². The molecule has 78 valence electrons. The summed E-state index contributed by atoms with van der Waals surface area (Å²) in [6.07, 6.45) is 6.30. The van der Waals surface area contributed by atoms with Crippen molar-refractivity contribution in [2.45, 2.75) is 38.7 Å². The Hall–Kier alpha value is -0.830. The zero-order valence-corrected chi connectivity index (χ0v) is 8.90. The quantitative estimate of drug-likeness (QED) is 0.798. The molecular formula is C11H18N2O. The monoisotopic (exact) mass is 194 g/mol. The van der Waals surface area contributed by atoms with Gasteiger partial charge in [0.1, 0.15) is 0 Å². The summed E-state index contributed by atoms with van der Waals surface area (Å²) < 4.78 is 1.82. The topological polar surface area (TPSA) is 38.1 Å². The fourth-order valence-electron chi connectivity index (χ4n) is 2.01. The molecule has 0 amide bonds. The van der Waals surface area contributed by atoms with E-state index >= 15 is 0 Å². The minimum Gasteiger partial charge on any atom is -0.388 e. The van der Waals surface area contributed by atoms with Crippen LogP contribution in [0.4, 0.5) is 0 Å². The molecule has 1 aliphatic rings. The molecule has 0 spiro atoms. The van der Waals surface area contributed by atoms with Crippen LogP contribution >= 0.6 is 0 Å². The summed E-state index contributed by atoms with van der Waals surface area (Å²) in [7, 11) is 1.91. The second-order valence-electron chi connectivity index (χ2n) is 4.36. The van der Waals surface area contributed by atoms with E-state index in [1.54, 1.807) is 6.20 Å². The van der Waals surface area contributed by atoms with Crippen molar-refractivity contribution in [1.29, 1.82) is 0 Å². The van der Waals surface area contributed by atoms with Crippen LogP contribution in [0.3, 0.4) is 0 Å². The van der Waals surface area contributed by atoms with Crippen molar-refractivity contribution in [3.05, 3.63) is 17.5 Å². The van der Waals surface area contributed by atoms with Crippen LogP contribution in [-0.4, -0.2) is 14.9 Å². The lowest BCUT2D eigenvalue weighted by atomic mass is 9.80. The van der Waals surface area contributed by atoms with E-state index in [2.05, 4.69) is 5.10 Å². The van der Waals surface area contributed by atoms with E-state index in [9.17, 15) is 5.11 Å². The molecule has 0 aliphatic heterocycles. The molecule has 2 rings (SSSR count).